The van der Waals surface area contributed by atoms with E-state index in [1.54, 1.807) is 0 Å². The third-order valence-electron chi connectivity index (χ3n) is 12.9. The SMILES string of the molecule is c1ccc(-c2ccc(-c3nc4c(o3)CC(c3ccc(-c5ccc(N(c6ccccc6)c6ccc(-c7ccc8ccccc8c7)cc6)cc5)c5ccccc35)c3ccccc3-4)cc2)cc1. The zero-order valence-corrected chi connectivity index (χ0v) is 35.1. The molecule has 1 atom stereocenters. The number of oxazole rings is 1. The molecule has 11 aromatic rings. The van der Waals surface area contributed by atoms with Gasteiger partial charge >= 0.3 is 0 Å². The number of aromatic nitrogens is 1. The van der Waals surface area contributed by atoms with E-state index < -0.39 is 0 Å². The summed E-state index contributed by atoms with van der Waals surface area (Å²) in [5.41, 5.74) is 16.1. The van der Waals surface area contributed by atoms with Gasteiger partial charge in [-0.2, -0.15) is 0 Å². The summed E-state index contributed by atoms with van der Waals surface area (Å²) >= 11 is 0. The van der Waals surface area contributed by atoms with Gasteiger partial charge in [0.1, 0.15) is 11.5 Å². The third-order valence-corrected chi connectivity index (χ3v) is 12.9. The van der Waals surface area contributed by atoms with Crippen LogP contribution in [0.15, 0.2) is 241 Å². The van der Waals surface area contributed by atoms with Gasteiger partial charge in [0.15, 0.2) is 0 Å². The van der Waals surface area contributed by atoms with Gasteiger partial charge < -0.3 is 9.32 Å². The number of hydrogen-bond acceptors (Lipinski definition) is 3. The number of para-hydroxylation sites is 1. The van der Waals surface area contributed by atoms with Crippen LogP contribution in [0.25, 0.3) is 77.6 Å². The lowest BCUT2D eigenvalue weighted by molar-refractivity contribution is 0.504. The summed E-state index contributed by atoms with van der Waals surface area (Å²) in [4.78, 5) is 7.45. The molecular formula is C61H42N2O. The first kappa shape index (κ1) is 37.5. The molecule has 10 aromatic carbocycles. The van der Waals surface area contributed by atoms with Crippen molar-refractivity contribution in [2.24, 2.45) is 0 Å². The van der Waals surface area contributed by atoms with Crippen LogP contribution < -0.4 is 4.90 Å². The minimum atomic E-state index is 0.110. The first-order valence-electron chi connectivity index (χ1n) is 22.0. The molecule has 0 bridgehead atoms. The van der Waals surface area contributed by atoms with Crippen molar-refractivity contribution in [1.29, 1.82) is 0 Å². The summed E-state index contributed by atoms with van der Waals surface area (Å²) in [5, 5.41) is 4.98. The summed E-state index contributed by atoms with van der Waals surface area (Å²) in [7, 11) is 0. The highest BCUT2D eigenvalue weighted by Crippen LogP contribution is 2.47. The van der Waals surface area contributed by atoms with Crippen molar-refractivity contribution in [2.75, 3.05) is 4.90 Å². The average molecular weight is 819 g/mol. The van der Waals surface area contributed by atoms with E-state index in [1.165, 1.54) is 66.1 Å². The molecule has 1 unspecified atom stereocenters. The minimum absolute atomic E-state index is 0.110. The molecule has 0 fully saturated rings. The second kappa shape index (κ2) is 15.9. The Labute approximate surface area is 373 Å². The van der Waals surface area contributed by atoms with Gasteiger partial charge in [0, 0.05) is 40.5 Å². The Bertz CT molecular complexity index is 3440. The van der Waals surface area contributed by atoms with Crippen LogP contribution in [0.2, 0.25) is 0 Å². The third kappa shape index (κ3) is 6.75. The van der Waals surface area contributed by atoms with Gasteiger partial charge in [-0.1, -0.05) is 182 Å². The number of benzene rings is 10. The minimum Gasteiger partial charge on any atom is -0.440 e. The first-order chi connectivity index (χ1) is 31.7. The molecule has 1 heterocycles. The Morgan fingerprint density at radius 1 is 0.375 bits per heavy atom. The highest BCUT2D eigenvalue weighted by molar-refractivity contribution is 6.00. The number of fused-ring (bicyclic) bond motifs is 5. The lowest BCUT2D eigenvalue weighted by atomic mass is 9.77. The number of rotatable bonds is 8. The van der Waals surface area contributed by atoms with Crippen molar-refractivity contribution in [3.05, 3.63) is 253 Å². The van der Waals surface area contributed by atoms with E-state index in [1.807, 2.05) is 6.07 Å². The average Bonchev–Trinajstić information content (AvgIpc) is 3.82. The van der Waals surface area contributed by atoms with Crippen LogP contribution in [-0.2, 0) is 6.42 Å². The Morgan fingerprint density at radius 3 is 1.69 bits per heavy atom. The lowest BCUT2D eigenvalue weighted by Gasteiger charge is -2.27. The number of hydrogen-bond donors (Lipinski definition) is 0. The number of nitrogens with zero attached hydrogens (tertiary/aromatic N) is 2. The fraction of sp³-hybridized carbons (Fsp3) is 0.0328. The van der Waals surface area contributed by atoms with Crippen LogP contribution in [0.1, 0.15) is 22.8 Å². The Morgan fingerprint density at radius 2 is 0.922 bits per heavy atom. The van der Waals surface area contributed by atoms with Gasteiger partial charge in [0.25, 0.3) is 0 Å². The first-order valence-corrected chi connectivity index (χ1v) is 22.0. The van der Waals surface area contributed by atoms with Crippen LogP contribution >= 0.6 is 0 Å². The molecule has 0 saturated carbocycles. The van der Waals surface area contributed by atoms with Gasteiger partial charge in [0.05, 0.1) is 0 Å². The molecule has 0 N–H and O–H groups in total. The lowest BCUT2D eigenvalue weighted by Crippen LogP contribution is -2.12. The molecule has 1 aliphatic carbocycles. The molecule has 3 nitrogen and oxygen atoms in total. The Hall–Kier alpha value is -8.27. The van der Waals surface area contributed by atoms with E-state index >= 15 is 0 Å². The Kier molecular flexibility index (Phi) is 9.31. The quantitative estimate of drug-likeness (QED) is 0.153. The highest BCUT2D eigenvalue weighted by Gasteiger charge is 2.32. The van der Waals surface area contributed by atoms with Crippen molar-refractivity contribution < 1.29 is 4.42 Å². The van der Waals surface area contributed by atoms with Crippen molar-refractivity contribution in [3.8, 4) is 56.1 Å². The summed E-state index contributed by atoms with van der Waals surface area (Å²) < 4.78 is 6.67. The molecule has 3 heteroatoms. The van der Waals surface area contributed by atoms with E-state index in [-0.39, 0.29) is 5.92 Å². The van der Waals surface area contributed by atoms with Crippen LogP contribution in [0.4, 0.5) is 17.1 Å². The second-order valence-electron chi connectivity index (χ2n) is 16.7. The van der Waals surface area contributed by atoms with E-state index in [2.05, 4.69) is 235 Å². The van der Waals surface area contributed by atoms with Gasteiger partial charge in [-0.05, 0) is 121 Å². The van der Waals surface area contributed by atoms with E-state index in [9.17, 15) is 0 Å². The summed E-state index contributed by atoms with van der Waals surface area (Å²) in [5.74, 6) is 1.70. The van der Waals surface area contributed by atoms with Crippen molar-refractivity contribution >= 4 is 38.6 Å². The van der Waals surface area contributed by atoms with E-state index in [0.29, 0.717) is 5.89 Å². The topological polar surface area (TPSA) is 29.3 Å². The summed E-state index contributed by atoms with van der Waals surface area (Å²) in [6.07, 6.45) is 0.734. The molecule has 0 amide bonds. The molecule has 1 aliphatic rings. The molecule has 0 radical (unpaired) electrons. The van der Waals surface area contributed by atoms with Crippen LogP contribution in [0.3, 0.4) is 0 Å². The zero-order chi connectivity index (χ0) is 42.4. The molecule has 1 aromatic heterocycles. The predicted molar refractivity (Wildman–Crippen MR) is 265 cm³/mol. The standard InChI is InChI=1S/C61H42N2O/c1-3-13-41(14-4-1)43-23-26-46(27-24-43)61-62-60-57-22-12-11-21-55(57)58(40-59(60)64-61)56-38-37-52(53-19-9-10-20-54(53)56)45-31-35-51(36-32-45)63(49-17-5-2-6-18-49)50-33-29-44(30-34-50)48-28-25-42-15-7-8-16-47(42)39-48/h1-39,58H,40H2. The van der Waals surface area contributed by atoms with Gasteiger partial charge in [0.2, 0.25) is 5.89 Å². The molecular weight excluding hydrogens is 777 g/mol. The molecule has 0 spiro atoms. The molecule has 0 saturated heterocycles. The highest BCUT2D eigenvalue weighted by atomic mass is 16.4. The number of anilines is 3. The molecule has 0 aliphatic heterocycles. The van der Waals surface area contributed by atoms with Crippen molar-refractivity contribution in [3.63, 3.8) is 0 Å². The van der Waals surface area contributed by atoms with Gasteiger partial charge in [-0.15, -0.1) is 0 Å². The van der Waals surface area contributed by atoms with E-state index in [0.717, 1.165) is 46.1 Å². The Balaban J connectivity index is 0.863. The largest absolute Gasteiger partial charge is 0.440 e. The summed E-state index contributed by atoms with van der Waals surface area (Å²) in [6.45, 7) is 0. The molecule has 12 rings (SSSR count). The van der Waals surface area contributed by atoms with Crippen LogP contribution in [0.5, 0.6) is 0 Å². The smallest absolute Gasteiger partial charge is 0.226 e. The monoisotopic (exact) mass is 818 g/mol. The zero-order valence-electron chi connectivity index (χ0n) is 35.1. The normalized spacial score (nSPS) is 13.1. The predicted octanol–water partition coefficient (Wildman–Crippen LogP) is 16.5. The fourth-order valence-corrected chi connectivity index (χ4v) is 9.71. The maximum Gasteiger partial charge on any atom is 0.226 e. The van der Waals surface area contributed by atoms with Gasteiger partial charge in [-0.3, -0.25) is 0 Å². The second-order valence-corrected chi connectivity index (χ2v) is 16.7. The van der Waals surface area contributed by atoms with Crippen molar-refractivity contribution in [1.82, 2.24) is 4.98 Å². The summed E-state index contributed by atoms with van der Waals surface area (Å²) in [6, 6.07) is 85.0. The molecule has 302 valence electrons. The van der Waals surface area contributed by atoms with Gasteiger partial charge in [-0.25, -0.2) is 4.98 Å². The van der Waals surface area contributed by atoms with Crippen LogP contribution in [-0.4, -0.2) is 4.98 Å². The van der Waals surface area contributed by atoms with Crippen molar-refractivity contribution in [2.45, 2.75) is 12.3 Å². The maximum absolute atomic E-state index is 6.67. The van der Waals surface area contributed by atoms with E-state index in [4.69, 9.17) is 9.40 Å². The molecule has 64 heavy (non-hydrogen) atoms. The van der Waals surface area contributed by atoms with Crippen LogP contribution in [0, 0.1) is 0 Å². The fourth-order valence-electron chi connectivity index (χ4n) is 9.71. The maximum atomic E-state index is 6.67.